The van der Waals surface area contributed by atoms with Crippen LogP contribution in [-0.4, -0.2) is 22.7 Å². The SMILES string of the molecule is CCCc1cc2c(C(F)(F)F)noc2c(CCC)c1OC(C(=O)OCC)c1cccnc1. The van der Waals surface area contributed by atoms with Crippen LogP contribution in [0.2, 0.25) is 0 Å². The molecule has 0 aliphatic carbocycles. The topological polar surface area (TPSA) is 74.5 Å². The molecule has 0 aliphatic heterocycles. The van der Waals surface area contributed by atoms with Gasteiger partial charge in [0.2, 0.25) is 6.10 Å². The van der Waals surface area contributed by atoms with Crippen LogP contribution in [0.3, 0.4) is 0 Å². The second-order valence-corrected chi connectivity index (χ2v) is 7.29. The highest BCUT2D eigenvalue weighted by molar-refractivity contribution is 5.87. The molecule has 1 unspecified atom stereocenters. The Hall–Kier alpha value is -3.10. The fourth-order valence-corrected chi connectivity index (χ4v) is 3.59. The normalized spacial score (nSPS) is 12.7. The zero-order valence-corrected chi connectivity index (χ0v) is 18.2. The Morgan fingerprint density at radius 3 is 2.53 bits per heavy atom. The van der Waals surface area contributed by atoms with Gasteiger partial charge in [0, 0.05) is 23.5 Å². The van der Waals surface area contributed by atoms with Crippen LogP contribution in [0.1, 0.15) is 62.1 Å². The first-order valence-electron chi connectivity index (χ1n) is 10.6. The standard InChI is InChI=1S/C23H25F3N2O4/c1-4-8-14-12-17-20(32-28-21(17)23(24,25)26)16(9-5-2)18(14)31-19(22(29)30-6-3)15-10-7-11-27-13-15/h7,10-13,19H,4-6,8-9H2,1-3H3. The van der Waals surface area contributed by atoms with Crippen molar-refractivity contribution in [2.75, 3.05) is 6.61 Å². The summed E-state index contributed by atoms with van der Waals surface area (Å²) >= 11 is 0. The molecule has 3 rings (SSSR count). The lowest BCUT2D eigenvalue weighted by Gasteiger charge is -2.22. The molecule has 0 bridgehead atoms. The Bertz CT molecular complexity index is 1060. The molecule has 9 heteroatoms. The maximum absolute atomic E-state index is 13.5. The van der Waals surface area contributed by atoms with Crippen LogP contribution in [0.15, 0.2) is 35.1 Å². The highest BCUT2D eigenvalue weighted by Crippen LogP contribution is 2.42. The molecule has 32 heavy (non-hydrogen) atoms. The van der Waals surface area contributed by atoms with Gasteiger partial charge in [0.15, 0.2) is 11.3 Å². The van der Waals surface area contributed by atoms with Crippen molar-refractivity contribution in [2.24, 2.45) is 0 Å². The molecular weight excluding hydrogens is 425 g/mol. The van der Waals surface area contributed by atoms with E-state index in [2.05, 4.69) is 10.1 Å². The minimum atomic E-state index is -4.65. The van der Waals surface area contributed by atoms with Gasteiger partial charge in [-0.1, -0.05) is 37.9 Å². The van der Waals surface area contributed by atoms with Crippen LogP contribution in [0.25, 0.3) is 11.0 Å². The number of alkyl halides is 3. The number of esters is 1. The number of halogens is 3. The van der Waals surface area contributed by atoms with Gasteiger partial charge in [-0.05, 0) is 37.5 Å². The quantitative estimate of drug-likeness (QED) is 0.382. The van der Waals surface area contributed by atoms with Crippen LogP contribution in [-0.2, 0) is 28.5 Å². The molecule has 172 valence electrons. The number of nitrogens with zero attached hydrogens (tertiary/aromatic N) is 2. The minimum Gasteiger partial charge on any atom is -0.473 e. The van der Waals surface area contributed by atoms with E-state index in [1.165, 1.54) is 12.3 Å². The van der Waals surface area contributed by atoms with Crippen molar-refractivity contribution in [3.63, 3.8) is 0 Å². The van der Waals surface area contributed by atoms with Gasteiger partial charge in [-0.2, -0.15) is 13.2 Å². The molecule has 0 aliphatic rings. The fraction of sp³-hybridized carbons (Fsp3) is 0.435. The molecule has 2 aromatic heterocycles. The lowest BCUT2D eigenvalue weighted by molar-refractivity contribution is -0.151. The number of ether oxygens (including phenoxy) is 2. The first-order valence-corrected chi connectivity index (χ1v) is 10.6. The average molecular weight is 450 g/mol. The zero-order chi connectivity index (χ0) is 23.3. The second kappa shape index (κ2) is 10.0. The maximum Gasteiger partial charge on any atom is 0.437 e. The maximum atomic E-state index is 13.5. The van der Waals surface area contributed by atoms with E-state index in [1.54, 1.807) is 25.3 Å². The fourth-order valence-electron chi connectivity index (χ4n) is 3.59. The molecule has 0 amide bonds. The number of hydrogen-bond donors (Lipinski definition) is 0. The van der Waals surface area contributed by atoms with Gasteiger partial charge in [-0.3, -0.25) is 4.98 Å². The van der Waals surface area contributed by atoms with Crippen LogP contribution in [0, 0.1) is 0 Å². The number of aromatic nitrogens is 2. The van der Waals surface area contributed by atoms with Gasteiger partial charge < -0.3 is 14.0 Å². The van der Waals surface area contributed by atoms with Gasteiger partial charge in [0.05, 0.1) is 12.0 Å². The molecule has 0 fully saturated rings. The Balaban J connectivity index is 2.21. The summed E-state index contributed by atoms with van der Waals surface area (Å²) in [5.74, 6) is -0.285. The van der Waals surface area contributed by atoms with Crippen LogP contribution >= 0.6 is 0 Å². The number of rotatable bonds is 9. The van der Waals surface area contributed by atoms with E-state index in [9.17, 15) is 18.0 Å². The molecule has 3 aromatic rings. The number of pyridine rings is 1. The van der Waals surface area contributed by atoms with Crippen molar-refractivity contribution < 1.29 is 32.0 Å². The summed E-state index contributed by atoms with van der Waals surface area (Å²) in [4.78, 5) is 16.8. The molecule has 0 radical (unpaired) electrons. The summed E-state index contributed by atoms with van der Waals surface area (Å²) in [6.07, 6.45) is -0.588. The van der Waals surface area contributed by atoms with E-state index < -0.39 is 23.9 Å². The van der Waals surface area contributed by atoms with E-state index in [1.807, 2.05) is 13.8 Å². The third kappa shape index (κ3) is 4.87. The first kappa shape index (κ1) is 23.6. The van der Waals surface area contributed by atoms with Crippen molar-refractivity contribution >= 4 is 16.9 Å². The third-order valence-electron chi connectivity index (χ3n) is 4.90. The first-order chi connectivity index (χ1) is 15.3. The summed E-state index contributed by atoms with van der Waals surface area (Å²) in [6.45, 7) is 5.64. The predicted octanol–water partition coefficient (Wildman–Crippen LogP) is 5.83. The summed E-state index contributed by atoms with van der Waals surface area (Å²) in [6, 6.07) is 4.75. The molecule has 0 saturated carbocycles. The van der Waals surface area contributed by atoms with Crippen molar-refractivity contribution in [3.05, 3.63) is 53.0 Å². The highest BCUT2D eigenvalue weighted by atomic mass is 19.4. The smallest absolute Gasteiger partial charge is 0.437 e. The van der Waals surface area contributed by atoms with E-state index in [0.717, 1.165) is 0 Å². The average Bonchev–Trinajstić information content (AvgIpc) is 3.18. The van der Waals surface area contributed by atoms with Crippen LogP contribution < -0.4 is 4.74 Å². The van der Waals surface area contributed by atoms with E-state index in [0.29, 0.717) is 48.1 Å². The Morgan fingerprint density at radius 2 is 1.94 bits per heavy atom. The van der Waals surface area contributed by atoms with Gasteiger partial charge >= 0.3 is 12.1 Å². The number of hydrogen-bond acceptors (Lipinski definition) is 6. The zero-order valence-electron chi connectivity index (χ0n) is 18.2. The van der Waals surface area contributed by atoms with E-state index in [4.69, 9.17) is 14.0 Å². The number of fused-ring (bicyclic) bond motifs is 1. The molecule has 1 aromatic carbocycles. The number of benzene rings is 1. The van der Waals surface area contributed by atoms with Gasteiger partial charge in [0.1, 0.15) is 5.75 Å². The third-order valence-corrected chi connectivity index (χ3v) is 4.90. The van der Waals surface area contributed by atoms with Crippen LogP contribution in [0.5, 0.6) is 5.75 Å². The molecule has 0 saturated heterocycles. The van der Waals surface area contributed by atoms with Gasteiger partial charge in [-0.25, -0.2) is 4.79 Å². The number of carbonyl (C=O) groups is 1. The molecule has 6 nitrogen and oxygen atoms in total. The Labute approximate surface area is 183 Å². The second-order valence-electron chi connectivity index (χ2n) is 7.29. The van der Waals surface area contributed by atoms with E-state index in [-0.39, 0.29) is 17.6 Å². The predicted molar refractivity (Wildman–Crippen MR) is 111 cm³/mol. The summed E-state index contributed by atoms with van der Waals surface area (Å²) in [5.41, 5.74) is 0.431. The minimum absolute atomic E-state index is 0.0165. The van der Waals surface area contributed by atoms with E-state index >= 15 is 0 Å². The largest absolute Gasteiger partial charge is 0.473 e. The van der Waals surface area contributed by atoms with Crippen molar-refractivity contribution in [1.82, 2.24) is 10.1 Å². The molecular formula is C23H25F3N2O4. The van der Waals surface area contributed by atoms with Crippen molar-refractivity contribution in [3.8, 4) is 5.75 Å². The number of aryl methyl sites for hydroxylation is 2. The lowest BCUT2D eigenvalue weighted by atomic mass is 9.97. The number of carbonyl (C=O) groups excluding carboxylic acids is 1. The monoisotopic (exact) mass is 450 g/mol. The van der Waals surface area contributed by atoms with Gasteiger partial charge in [0.25, 0.3) is 0 Å². The van der Waals surface area contributed by atoms with Crippen molar-refractivity contribution in [2.45, 2.75) is 58.7 Å². The summed E-state index contributed by atoms with van der Waals surface area (Å²) < 4.78 is 57.0. The molecule has 2 heterocycles. The molecule has 0 spiro atoms. The van der Waals surface area contributed by atoms with Crippen LogP contribution in [0.4, 0.5) is 13.2 Å². The Morgan fingerprint density at radius 1 is 1.19 bits per heavy atom. The summed E-state index contributed by atoms with van der Waals surface area (Å²) in [5, 5.41) is 3.19. The Kier molecular flexibility index (Phi) is 7.37. The highest BCUT2D eigenvalue weighted by Gasteiger charge is 2.38. The van der Waals surface area contributed by atoms with Gasteiger partial charge in [-0.15, -0.1) is 0 Å². The lowest BCUT2D eigenvalue weighted by Crippen LogP contribution is -2.22. The molecule has 0 N–H and O–H groups in total. The molecule has 1 atom stereocenters. The van der Waals surface area contributed by atoms with Crippen molar-refractivity contribution in [1.29, 1.82) is 0 Å². The summed E-state index contributed by atoms with van der Waals surface area (Å²) in [7, 11) is 0.